The lowest BCUT2D eigenvalue weighted by Crippen LogP contribution is -2.38. The molecule has 0 radical (unpaired) electrons. The van der Waals surface area contributed by atoms with Gasteiger partial charge in [-0.25, -0.2) is 4.98 Å². The molecule has 156 valence electrons. The number of guanidine groups is 1. The molecule has 8 heteroatoms. The molecule has 0 atom stereocenters. The van der Waals surface area contributed by atoms with Gasteiger partial charge in [0.1, 0.15) is 5.76 Å². The van der Waals surface area contributed by atoms with Crippen LogP contribution in [-0.2, 0) is 12.0 Å². The third-order valence-corrected chi connectivity index (χ3v) is 4.68. The molecule has 0 spiro atoms. The van der Waals surface area contributed by atoms with Crippen LogP contribution in [0.4, 0.5) is 0 Å². The quantitative estimate of drug-likeness (QED) is 0.275. The molecular weight excluding hydrogens is 455 g/mol. The van der Waals surface area contributed by atoms with E-state index in [1.54, 1.807) is 7.05 Å². The van der Waals surface area contributed by atoms with E-state index in [1.165, 1.54) is 32.6 Å². The van der Waals surface area contributed by atoms with Crippen molar-refractivity contribution in [1.82, 2.24) is 25.4 Å². The number of oxazole rings is 1. The van der Waals surface area contributed by atoms with E-state index in [4.69, 9.17) is 4.42 Å². The van der Waals surface area contributed by atoms with Gasteiger partial charge in [-0.1, -0.05) is 20.8 Å². The number of hydrogen-bond acceptors (Lipinski definition) is 5. The number of hydrogen-bond donors (Lipinski definition) is 2. The van der Waals surface area contributed by atoms with Crippen LogP contribution in [0.25, 0.3) is 0 Å². The summed E-state index contributed by atoms with van der Waals surface area (Å²) in [5.74, 6) is 2.38. The molecule has 1 saturated heterocycles. The van der Waals surface area contributed by atoms with Gasteiger partial charge >= 0.3 is 0 Å². The monoisotopic (exact) mass is 492 g/mol. The largest absolute Gasteiger partial charge is 0.443 e. The second-order valence-electron chi connectivity index (χ2n) is 8.07. The fraction of sp³-hybridized carbons (Fsp3) is 0.789. The van der Waals surface area contributed by atoms with Gasteiger partial charge in [0.25, 0.3) is 0 Å². The van der Waals surface area contributed by atoms with E-state index in [-0.39, 0.29) is 29.4 Å². The maximum atomic E-state index is 5.80. The van der Waals surface area contributed by atoms with Gasteiger partial charge in [-0.15, -0.1) is 24.0 Å². The molecule has 1 aliphatic heterocycles. The highest BCUT2D eigenvalue weighted by atomic mass is 127. The maximum Gasteiger partial charge on any atom is 0.213 e. The van der Waals surface area contributed by atoms with Crippen molar-refractivity contribution in [3.05, 3.63) is 17.8 Å². The molecule has 27 heavy (non-hydrogen) atoms. The summed E-state index contributed by atoms with van der Waals surface area (Å²) in [5.41, 5.74) is -0.0205. The number of nitrogens with one attached hydrogen (secondary N) is 2. The Bertz CT molecular complexity index is 569. The summed E-state index contributed by atoms with van der Waals surface area (Å²) in [4.78, 5) is 13.6. The molecule has 0 bridgehead atoms. The summed E-state index contributed by atoms with van der Waals surface area (Å²) >= 11 is 0. The van der Waals surface area contributed by atoms with Crippen molar-refractivity contribution in [3.8, 4) is 0 Å². The lowest BCUT2D eigenvalue weighted by Gasteiger charge is -2.20. The van der Waals surface area contributed by atoms with Crippen molar-refractivity contribution in [3.63, 3.8) is 0 Å². The molecular formula is C19H37IN6O. The van der Waals surface area contributed by atoms with E-state index in [1.807, 2.05) is 6.20 Å². The molecule has 2 heterocycles. The Morgan fingerprint density at radius 3 is 2.67 bits per heavy atom. The van der Waals surface area contributed by atoms with Crippen molar-refractivity contribution < 1.29 is 4.42 Å². The van der Waals surface area contributed by atoms with Gasteiger partial charge in [-0.05, 0) is 39.5 Å². The third-order valence-electron chi connectivity index (χ3n) is 4.68. The van der Waals surface area contributed by atoms with Crippen molar-refractivity contribution >= 4 is 29.9 Å². The molecule has 0 amide bonds. The minimum Gasteiger partial charge on any atom is -0.443 e. The maximum absolute atomic E-state index is 5.80. The highest BCUT2D eigenvalue weighted by Crippen LogP contribution is 2.22. The van der Waals surface area contributed by atoms with Gasteiger partial charge in [0.05, 0.1) is 12.7 Å². The van der Waals surface area contributed by atoms with Crippen LogP contribution >= 0.6 is 24.0 Å². The Morgan fingerprint density at radius 2 is 2.00 bits per heavy atom. The van der Waals surface area contributed by atoms with Gasteiger partial charge in [0.15, 0.2) is 5.96 Å². The minimum absolute atomic E-state index is 0. The van der Waals surface area contributed by atoms with E-state index in [0.29, 0.717) is 12.4 Å². The molecule has 1 aliphatic rings. The van der Waals surface area contributed by atoms with E-state index >= 15 is 0 Å². The zero-order valence-electron chi connectivity index (χ0n) is 17.5. The number of aliphatic imine (C=N–C) groups is 1. The summed E-state index contributed by atoms with van der Waals surface area (Å²) in [6, 6.07) is 0. The zero-order chi connectivity index (χ0) is 19.0. The third kappa shape index (κ3) is 8.78. The summed E-state index contributed by atoms with van der Waals surface area (Å²) in [7, 11) is 4.00. The molecule has 1 aromatic rings. The average molecular weight is 492 g/mol. The van der Waals surface area contributed by atoms with Gasteiger partial charge in [0, 0.05) is 32.1 Å². The van der Waals surface area contributed by atoms with Gasteiger partial charge < -0.3 is 24.9 Å². The minimum atomic E-state index is -0.0205. The molecule has 0 unspecified atom stereocenters. The SMILES string of the molecule is CN=C(NCCCN1CCCN(C)CC1)NCc1ncc(C(C)(C)C)o1.I. The van der Waals surface area contributed by atoms with Crippen molar-refractivity contribution in [2.75, 3.05) is 53.4 Å². The smallest absolute Gasteiger partial charge is 0.213 e. The molecule has 1 aromatic heterocycles. The second kappa shape index (κ2) is 11.9. The number of halogens is 1. The Kier molecular flexibility index (Phi) is 10.6. The predicted octanol–water partition coefficient (Wildman–Crippen LogP) is 2.28. The molecule has 0 saturated carbocycles. The lowest BCUT2D eigenvalue weighted by atomic mass is 9.94. The van der Waals surface area contributed by atoms with E-state index in [9.17, 15) is 0 Å². The summed E-state index contributed by atoms with van der Waals surface area (Å²) < 4.78 is 5.80. The van der Waals surface area contributed by atoms with E-state index in [2.05, 4.69) is 58.2 Å². The zero-order valence-corrected chi connectivity index (χ0v) is 19.9. The summed E-state index contributed by atoms with van der Waals surface area (Å²) in [6.07, 6.45) is 4.18. The van der Waals surface area contributed by atoms with Crippen LogP contribution in [0.15, 0.2) is 15.6 Å². The standard InChI is InChI=1S/C19H36N6O.HI/c1-19(2,3)16-14-22-17(26-16)15-23-18(20-4)21-8-6-10-25-11-7-9-24(5)12-13-25;/h14H,6-13,15H2,1-5H3,(H2,20,21,23);1H. The number of aromatic nitrogens is 1. The van der Waals surface area contributed by atoms with Crippen LogP contribution in [0, 0.1) is 0 Å². The van der Waals surface area contributed by atoms with Crippen LogP contribution in [-0.4, -0.2) is 74.1 Å². The summed E-state index contributed by atoms with van der Waals surface area (Å²) in [6.45, 7) is 13.7. The molecule has 7 nitrogen and oxygen atoms in total. The van der Waals surface area contributed by atoms with Gasteiger partial charge in [-0.2, -0.15) is 0 Å². The molecule has 1 fully saturated rings. The first-order valence-electron chi connectivity index (χ1n) is 9.69. The number of nitrogens with zero attached hydrogens (tertiary/aromatic N) is 4. The van der Waals surface area contributed by atoms with Gasteiger partial charge in [0.2, 0.25) is 5.89 Å². The Morgan fingerprint density at radius 1 is 1.22 bits per heavy atom. The van der Waals surface area contributed by atoms with E-state index < -0.39 is 0 Å². The van der Waals surface area contributed by atoms with Crippen LogP contribution in [0.1, 0.15) is 45.3 Å². The first kappa shape index (κ1) is 24.2. The summed E-state index contributed by atoms with van der Waals surface area (Å²) in [5, 5.41) is 6.64. The Hall–Kier alpha value is -0.870. The fourth-order valence-electron chi connectivity index (χ4n) is 2.95. The average Bonchev–Trinajstić information content (AvgIpc) is 2.98. The highest BCUT2D eigenvalue weighted by Gasteiger charge is 2.19. The van der Waals surface area contributed by atoms with Gasteiger partial charge in [-0.3, -0.25) is 4.99 Å². The highest BCUT2D eigenvalue weighted by molar-refractivity contribution is 14.0. The second-order valence-corrected chi connectivity index (χ2v) is 8.07. The number of likely N-dealkylation sites (N-methyl/N-ethyl adjacent to an activating group) is 1. The van der Waals surface area contributed by atoms with Crippen LogP contribution in [0.5, 0.6) is 0 Å². The van der Waals surface area contributed by atoms with Crippen molar-refractivity contribution in [2.45, 2.75) is 45.6 Å². The Labute approximate surface area is 181 Å². The topological polar surface area (TPSA) is 68.9 Å². The van der Waals surface area contributed by atoms with Crippen LogP contribution in [0.3, 0.4) is 0 Å². The molecule has 2 N–H and O–H groups in total. The normalized spacial score (nSPS) is 17.3. The molecule has 0 aromatic carbocycles. The lowest BCUT2D eigenvalue weighted by molar-refractivity contribution is 0.274. The van der Waals surface area contributed by atoms with Crippen molar-refractivity contribution in [1.29, 1.82) is 0 Å². The van der Waals surface area contributed by atoms with E-state index in [0.717, 1.165) is 31.2 Å². The first-order valence-corrected chi connectivity index (χ1v) is 9.69. The van der Waals surface area contributed by atoms with Crippen LogP contribution < -0.4 is 10.6 Å². The van der Waals surface area contributed by atoms with Crippen LogP contribution in [0.2, 0.25) is 0 Å². The fourth-order valence-corrected chi connectivity index (χ4v) is 2.95. The molecule has 2 rings (SSSR count). The Balaban J connectivity index is 0.00000364. The van der Waals surface area contributed by atoms with Crippen molar-refractivity contribution in [2.24, 2.45) is 4.99 Å². The number of rotatable bonds is 6. The first-order chi connectivity index (χ1) is 12.4. The molecule has 0 aliphatic carbocycles. The predicted molar refractivity (Wildman–Crippen MR) is 122 cm³/mol.